The maximum absolute atomic E-state index is 14.6. The lowest BCUT2D eigenvalue weighted by Crippen LogP contribution is -2.19. The molecule has 1 unspecified atom stereocenters. The molecule has 0 saturated carbocycles. The summed E-state index contributed by atoms with van der Waals surface area (Å²) in [5.41, 5.74) is 6.13. The van der Waals surface area contributed by atoms with Crippen molar-refractivity contribution in [2.24, 2.45) is 0 Å². The Balaban J connectivity index is 1.33. The Kier molecular flexibility index (Phi) is 5.90. The van der Waals surface area contributed by atoms with Gasteiger partial charge in [-0.3, -0.25) is 4.98 Å². The third-order valence-electron chi connectivity index (χ3n) is 7.04. The predicted molar refractivity (Wildman–Crippen MR) is 145 cm³/mol. The van der Waals surface area contributed by atoms with Gasteiger partial charge in [0.2, 0.25) is 5.95 Å². The van der Waals surface area contributed by atoms with E-state index in [-0.39, 0.29) is 6.23 Å². The Labute approximate surface area is 223 Å². The van der Waals surface area contributed by atoms with Crippen molar-refractivity contribution in [3.05, 3.63) is 97.5 Å². The molecule has 0 amide bonds. The molecule has 0 radical (unpaired) electrons. The fourth-order valence-corrected chi connectivity index (χ4v) is 5.08. The smallest absolute Gasteiger partial charge is 0.220 e. The van der Waals surface area contributed by atoms with Crippen molar-refractivity contribution in [2.45, 2.75) is 25.5 Å². The maximum atomic E-state index is 14.6. The van der Waals surface area contributed by atoms with Crippen LogP contribution in [0.3, 0.4) is 0 Å². The summed E-state index contributed by atoms with van der Waals surface area (Å²) >= 11 is 0. The second kappa shape index (κ2) is 9.85. The van der Waals surface area contributed by atoms with Gasteiger partial charge in [-0.15, -0.1) is 5.10 Å². The summed E-state index contributed by atoms with van der Waals surface area (Å²) in [7, 11) is 0. The molecule has 8 nitrogen and oxygen atoms in total. The summed E-state index contributed by atoms with van der Waals surface area (Å²) in [5.74, 6) is -0.516. The highest BCUT2D eigenvalue weighted by atomic mass is 19.1. The van der Waals surface area contributed by atoms with Crippen LogP contribution >= 0.6 is 0 Å². The first-order chi connectivity index (χ1) is 19.2. The minimum atomic E-state index is -0.516. The third-order valence-corrected chi connectivity index (χ3v) is 7.04. The van der Waals surface area contributed by atoms with Crippen LogP contribution in [-0.4, -0.2) is 41.3 Å². The zero-order valence-electron chi connectivity index (χ0n) is 21.0. The fraction of sp³-hybridized carbons (Fsp3) is 0.167. The number of aromatic nitrogens is 7. The van der Waals surface area contributed by atoms with E-state index in [1.807, 2.05) is 71.7 Å². The molecule has 0 N–H and O–H groups in total. The van der Waals surface area contributed by atoms with E-state index in [4.69, 9.17) is 9.84 Å². The van der Waals surface area contributed by atoms with Crippen molar-refractivity contribution in [3.63, 3.8) is 0 Å². The molecule has 0 aliphatic carbocycles. The number of ether oxygens (including phenoxy) is 1. The van der Waals surface area contributed by atoms with Crippen molar-refractivity contribution < 1.29 is 9.13 Å². The topological polar surface area (TPSA) is 83.5 Å². The summed E-state index contributed by atoms with van der Waals surface area (Å²) in [5, 5.41) is 14.7. The number of rotatable bonds is 5. The average Bonchev–Trinajstić information content (AvgIpc) is 3.64. The van der Waals surface area contributed by atoms with Gasteiger partial charge < -0.3 is 4.74 Å². The van der Waals surface area contributed by atoms with Gasteiger partial charge in [-0.1, -0.05) is 41.6 Å². The lowest BCUT2D eigenvalue weighted by molar-refractivity contribution is -0.0365. The molecular formula is C30H24FN7O. The molecule has 0 spiro atoms. The quantitative estimate of drug-likeness (QED) is 0.252. The van der Waals surface area contributed by atoms with Crippen LogP contribution in [0.25, 0.3) is 50.2 Å². The Morgan fingerprint density at radius 1 is 0.897 bits per heavy atom. The first-order valence-corrected chi connectivity index (χ1v) is 12.9. The summed E-state index contributed by atoms with van der Waals surface area (Å²) in [6.07, 6.45) is 9.68. The minimum Gasteiger partial charge on any atom is -0.356 e. The van der Waals surface area contributed by atoms with E-state index in [9.17, 15) is 4.39 Å². The van der Waals surface area contributed by atoms with Crippen molar-refractivity contribution in [1.82, 2.24) is 34.7 Å². The second-order valence-electron chi connectivity index (χ2n) is 9.53. The van der Waals surface area contributed by atoms with Crippen LogP contribution in [0.2, 0.25) is 0 Å². The number of benzene rings is 2. The summed E-state index contributed by atoms with van der Waals surface area (Å²) in [6.45, 7) is 0.696. The molecular weight excluding hydrogens is 493 g/mol. The largest absolute Gasteiger partial charge is 0.356 e. The lowest BCUT2D eigenvalue weighted by Gasteiger charge is -2.23. The van der Waals surface area contributed by atoms with E-state index >= 15 is 0 Å². The molecule has 39 heavy (non-hydrogen) atoms. The molecule has 1 aliphatic heterocycles. The van der Waals surface area contributed by atoms with E-state index in [1.165, 1.54) is 6.20 Å². The highest BCUT2D eigenvalue weighted by molar-refractivity contribution is 5.95. The molecule has 4 aromatic heterocycles. The van der Waals surface area contributed by atoms with E-state index in [2.05, 4.69) is 20.3 Å². The SMILES string of the molecule is Fc1ncccc1-c1ccc2c(c1)c(-c1cn(-c3cncc(-c4ccccc4)c3)nn1)nn2C1CCCCO1. The van der Waals surface area contributed by atoms with Gasteiger partial charge in [-0.2, -0.15) is 9.49 Å². The van der Waals surface area contributed by atoms with Gasteiger partial charge in [-0.25, -0.2) is 14.3 Å². The maximum Gasteiger partial charge on any atom is 0.220 e. The Bertz CT molecular complexity index is 1770. The van der Waals surface area contributed by atoms with Gasteiger partial charge in [0.15, 0.2) is 6.23 Å². The molecule has 6 aromatic rings. The van der Waals surface area contributed by atoms with Gasteiger partial charge >= 0.3 is 0 Å². The minimum absolute atomic E-state index is 0.169. The van der Waals surface area contributed by atoms with Crippen LogP contribution in [0.1, 0.15) is 25.5 Å². The zero-order chi connectivity index (χ0) is 26.2. The number of fused-ring (bicyclic) bond motifs is 1. The van der Waals surface area contributed by atoms with Crippen molar-refractivity contribution in [3.8, 4) is 39.3 Å². The third kappa shape index (κ3) is 4.36. The van der Waals surface area contributed by atoms with E-state index in [0.29, 0.717) is 29.1 Å². The Morgan fingerprint density at radius 2 is 1.82 bits per heavy atom. The van der Waals surface area contributed by atoms with E-state index in [1.54, 1.807) is 23.0 Å². The molecule has 1 atom stereocenters. The molecule has 1 saturated heterocycles. The first kappa shape index (κ1) is 23.4. The van der Waals surface area contributed by atoms with Gasteiger partial charge in [0.25, 0.3) is 0 Å². The lowest BCUT2D eigenvalue weighted by atomic mass is 10.0. The highest BCUT2D eigenvalue weighted by Crippen LogP contribution is 2.35. The van der Waals surface area contributed by atoms with Gasteiger partial charge in [0.1, 0.15) is 11.4 Å². The Hall–Kier alpha value is -4.76. The van der Waals surface area contributed by atoms with Gasteiger partial charge in [0.05, 0.1) is 23.6 Å². The fourth-order valence-electron chi connectivity index (χ4n) is 5.08. The second-order valence-corrected chi connectivity index (χ2v) is 9.53. The van der Waals surface area contributed by atoms with Crippen LogP contribution < -0.4 is 0 Å². The molecule has 192 valence electrons. The van der Waals surface area contributed by atoms with Crippen LogP contribution in [0, 0.1) is 5.95 Å². The summed E-state index contributed by atoms with van der Waals surface area (Å²) < 4.78 is 24.2. The number of nitrogens with zero attached hydrogens (tertiary/aromatic N) is 7. The van der Waals surface area contributed by atoms with Crippen LogP contribution in [0.5, 0.6) is 0 Å². The molecule has 2 aromatic carbocycles. The first-order valence-electron chi connectivity index (χ1n) is 12.9. The molecule has 1 fully saturated rings. The van der Waals surface area contributed by atoms with E-state index < -0.39 is 5.95 Å². The highest BCUT2D eigenvalue weighted by Gasteiger charge is 2.24. The average molecular weight is 518 g/mol. The molecule has 0 bridgehead atoms. The van der Waals surface area contributed by atoms with Gasteiger partial charge in [-0.05, 0) is 60.7 Å². The van der Waals surface area contributed by atoms with Crippen molar-refractivity contribution >= 4 is 10.9 Å². The van der Waals surface area contributed by atoms with Gasteiger partial charge in [0, 0.05) is 35.5 Å². The number of hydrogen-bond donors (Lipinski definition) is 0. The number of pyridine rings is 2. The molecule has 7 rings (SSSR count). The summed E-state index contributed by atoms with van der Waals surface area (Å²) in [4.78, 5) is 8.24. The number of halogens is 1. The molecule has 1 aliphatic rings. The van der Waals surface area contributed by atoms with Crippen LogP contribution in [-0.2, 0) is 4.74 Å². The van der Waals surface area contributed by atoms with E-state index in [0.717, 1.165) is 47.0 Å². The summed E-state index contributed by atoms with van der Waals surface area (Å²) in [6, 6.07) is 21.3. The van der Waals surface area contributed by atoms with Crippen LogP contribution in [0.4, 0.5) is 4.39 Å². The normalized spacial score (nSPS) is 15.6. The predicted octanol–water partition coefficient (Wildman–Crippen LogP) is 6.25. The zero-order valence-corrected chi connectivity index (χ0v) is 21.0. The standard InChI is InChI=1S/C30H24FN7O/c31-30-24(9-6-13-33-30)21-11-12-27-25(16-21)29(35-38(27)28-10-4-5-14-39-28)26-19-37(36-34-26)23-15-22(17-32-18-23)20-7-2-1-3-8-20/h1-3,6-9,11-13,15-19,28H,4-5,10,14H2. The Morgan fingerprint density at radius 3 is 2.67 bits per heavy atom. The molecule has 5 heterocycles. The van der Waals surface area contributed by atoms with Crippen LogP contribution in [0.15, 0.2) is 91.5 Å². The molecule has 9 heteroatoms. The monoisotopic (exact) mass is 517 g/mol. The van der Waals surface area contributed by atoms with Crippen molar-refractivity contribution in [2.75, 3.05) is 6.61 Å². The number of hydrogen-bond acceptors (Lipinski definition) is 6. The van der Waals surface area contributed by atoms with Crippen molar-refractivity contribution in [1.29, 1.82) is 0 Å².